The summed E-state index contributed by atoms with van der Waals surface area (Å²) in [6, 6.07) is 6.83. The first-order valence-corrected chi connectivity index (χ1v) is 7.64. The van der Waals surface area contributed by atoms with Crippen molar-refractivity contribution in [2.45, 2.75) is 60.4 Å². The number of rotatable bonds is 2. The molecule has 1 nitrogen and oxygen atoms in total. The molecule has 0 bridgehead atoms. The maximum absolute atomic E-state index is 2.52. The molecule has 0 aliphatic heterocycles. The number of fused-ring (bicyclic) bond motifs is 1. The molecule has 0 atom stereocenters. The van der Waals surface area contributed by atoms with Gasteiger partial charge in [-0.05, 0) is 56.7 Å². The molecular weight excluding hydrogens is 230 g/mol. The van der Waals surface area contributed by atoms with Crippen LogP contribution in [0.4, 0.5) is 0 Å². The Kier molecular flexibility index (Phi) is 4.34. The summed E-state index contributed by atoms with van der Waals surface area (Å²) >= 11 is 0. The predicted molar refractivity (Wildman–Crippen MR) is 84.8 cm³/mol. The Balaban J connectivity index is 0.000000408. The number of hydrogen-bond donors (Lipinski definition) is 0. The molecule has 1 heterocycles. The second-order valence-corrected chi connectivity index (χ2v) is 6.01. The number of aromatic nitrogens is 1. The first-order chi connectivity index (χ1) is 9.08. The highest BCUT2D eigenvalue weighted by Crippen LogP contribution is 2.34. The van der Waals surface area contributed by atoms with Gasteiger partial charge in [0.05, 0.1) is 5.52 Å². The Morgan fingerprint density at radius 1 is 1.05 bits per heavy atom. The van der Waals surface area contributed by atoms with Crippen molar-refractivity contribution in [2.24, 2.45) is 5.92 Å². The molecule has 2 aromatic rings. The highest BCUT2D eigenvalue weighted by atomic mass is 15.0. The summed E-state index contributed by atoms with van der Waals surface area (Å²) in [5.74, 6) is 0.939. The third-order valence-corrected chi connectivity index (χ3v) is 3.82. The van der Waals surface area contributed by atoms with Gasteiger partial charge in [0.2, 0.25) is 0 Å². The van der Waals surface area contributed by atoms with Crippen LogP contribution in [0.15, 0.2) is 18.2 Å². The van der Waals surface area contributed by atoms with Crippen LogP contribution < -0.4 is 0 Å². The zero-order valence-corrected chi connectivity index (χ0v) is 13.1. The number of benzene rings is 1. The predicted octanol–water partition coefficient (Wildman–Crippen LogP) is 5.39. The first kappa shape index (κ1) is 14.2. The number of nitrogens with zero attached hydrogens (tertiary/aromatic N) is 1. The molecule has 0 saturated heterocycles. The fourth-order valence-electron chi connectivity index (χ4n) is 2.62. The third-order valence-electron chi connectivity index (χ3n) is 3.82. The molecular formula is C18H27N. The summed E-state index contributed by atoms with van der Waals surface area (Å²) in [5, 5.41) is 1.44. The minimum absolute atomic E-state index is 0.939. The molecule has 1 aliphatic rings. The van der Waals surface area contributed by atoms with Gasteiger partial charge in [-0.15, -0.1) is 0 Å². The Morgan fingerprint density at radius 3 is 2.21 bits per heavy atom. The number of hydrogen-bond acceptors (Lipinski definition) is 0. The molecule has 1 saturated carbocycles. The molecule has 0 N–H and O–H groups in total. The summed E-state index contributed by atoms with van der Waals surface area (Å²) in [6.07, 6.45) is 4.09. The maximum Gasteiger partial charge on any atom is 0.0514 e. The van der Waals surface area contributed by atoms with Crippen LogP contribution >= 0.6 is 0 Å². The van der Waals surface area contributed by atoms with Crippen LogP contribution in [0.2, 0.25) is 0 Å². The summed E-state index contributed by atoms with van der Waals surface area (Å²) in [5.41, 5.74) is 5.69. The van der Waals surface area contributed by atoms with Crippen LogP contribution in [-0.4, -0.2) is 4.57 Å². The van der Waals surface area contributed by atoms with Crippen molar-refractivity contribution in [3.8, 4) is 0 Å². The minimum atomic E-state index is 0.939. The van der Waals surface area contributed by atoms with Crippen molar-refractivity contribution in [1.29, 1.82) is 0 Å². The second kappa shape index (κ2) is 5.81. The average molecular weight is 257 g/mol. The highest BCUT2D eigenvalue weighted by molar-refractivity contribution is 5.87. The summed E-state index contributed by atoms with van der Waals surface area (Å²) in [7, 11) is 0. The van der Waals surface area contributed by atoms with E-state index in [-0.39, 0.29) is 0 Å². The van der Waals surface area contributed by atoms with Crippen molar-refractivity contribution in [3.05, 3.63) is 35.0 Å². The van der Waals surface area contributed by atoms with Crippen molar-refractivity contribution in [1.82, 2.24) is 4.57 Å². The lowest BCUT2D eigenvalue weighted by atomic mass is 10.1. The van der Waals surface area contributed by atoms with Crippen molar-refractivity contribution in [2.75, 3.05) is 0 Å². The van der Waals surface area contributed by atoms with Crippen LogP contribution in [0, 0.1) is 26.7 Å². The van der Waals surface area contributed by atoms with E-state index in [0.717, 1.165) is 5.92 Å². The lowest BCUT2D eigenvalue weighted by molar-refractivity contribution is 0.632. The largest absolute Gasteiger partial charge is 0.344 e. The SMILES string of the molecule is CCC.Cc1ccc(C)c2c1cc(C)n2CC1CC1. The lowest BCUT2D eigenvalue weighted by Gasteiger charge is -2.09. The van der Waals surface area contributed by atoms with Crippen LogP contribution in [0.1, 0.15) is 49.9 Å². The van der Waals surface area contributed by atoms with Gasteiger partial charge < -0.3 is 4.57 Å². The van der Waals surface area contributed by atoms with E-state index in [4.69, 9.17) is 0 Å². The topological polar surface area (TPSA) is 4.93 Å². The maximum atomic E-state index is 2.52. The fourth-order valence-corrected chi connectivity index (χ4v) is 2.62. The van der Waals surface area contributed by atoms with E-state index >= 15 is 0 Å². The highest BCUT2D eigenvalue weighted by Gasteiger charge is 2.23. The van der Waals surface area contributed by atoms with Crippen LogP contribution in [0.3, 0.4) is 0 Å². The molecule has 0 unspecified atom stereocenters. The molecule has 3 rings (SSSR count). The van der Waals surface area contributed by atoms with Crippen LogP contribution in [0.25, 0.3) is 10.9 Å². The molecule has 1 fully saturated rings. The van der Waals surface area contributed by atoms with Crippen molar-refractivity contribution < 1.29 is 0 Å². The molecule has 0 amide bonds. The van der Waals surface area contributed by atoms with E-state index in [1.807, 2.05) is 0 Å². The van der Waals surface area contributed by atoms with E-state index in [2.05, 4.69) is 57.4 Å². The number of aryl methyl sites for hydroxylation is 3. The van der Waals surface area contributed by atoms with Gasteiger partial charge in [-0.25, -0.2) is 0 Å². The van der Waals surface area contributed by atoms with Gasteiger partial charge in [0.1, 0.15) is 0 Å². The molecule has 0 spiro atoms. The van der Waals surface area contributed by atoms with E-state index in [9.17, 15) is 0 Å². The van der Waals surface area contributed by atoms with Gasteiger partial charge in [-0.3, -0.25) is 0 Å². The molecule has 1 aliphatic carbocycles. The molecule has 0 radical (unpaired) electrons. The summed E-state index contributed by atoms with van der Waals surface area (Å²) in [6.45, 7) is 12.1. The molecule has 1 aromatic carbocycles. The van der Waals surface area contributed by atoms with Gasteiger partial charge in [0.25, 0.3) is 0 Å². The molecule has 1 heteroatoms. The van der Waals surface area contributed by atoms with Gasteiger partial charge in [-0.1, -0.05) is 32.4 Å². The van der Waals surface area contributed by atoms with Crippen molar-refractivity contribution >= 4 is 10.9 Å². The summed E-state index contributed by atoms with van der Waals surface area (Å²) in [4.78, 5) is 0. The standard InChI is InChI=1S/C15H19N.C3H8/c1-10-4-5-11(2)15-14(10)8-12(3)16(15)9-13-6-7-13;1-3-2/h4-5,8,13H,6-7,9H2,1-3H3;3H2,1-2H3. The van der Waals surface area contributed by atoms with Crippen LogP contribution in [-0.2, 0) is 6.54 Å². The minimum Gasteiger partial charge on any atom is -0.344 e. The zero-order chi connectivity index (χ0) is 14.0. The smallest absolute Gasteiger partial charge is 0.0514 e. The lowest BCUT2D eigenvalue weighted by Crippen LogP contribution is -2.02. The van der Waals surface area contributed by atoms with E-state index < -0.39 is 0 Å². The van der Waals surface area contributed by atoms with Gasteiger partial charge in [0.15, 0.2) is 0 Å². The van der Waals surface area contributed by atoms with Crippen molar-refractivity contribution in [3.63, 3.8) is 0 Å². The molecule has 104 valence electrons. The average Bonchev–Trinajstić information content (AvgIpc) is 3.11. The molecule has 19 heavy (non-hydrogen) atoms. The monoisotopic (exact) mass is 257 g/mol. The Morgan fingerprint density at radius 2 is 1.63 bits per heavy atom. The molecule has 1 aromatic heterocycles. The van der Waals surface area contributed by atoms with Gasteiger partial charge >= 0.3 is 0 Å². The first-order valence-electron chi connectivity index (χ1n) is 7.64. The zero-order valence-electron chi connectivity index (χ0n) is 13.1. The Hall–Kier alpha value is -1.24. The van der Waals surface area contributed by atoms with Crippen LogP contribution in [0.5, 0.6) is 0 Å². The van der Waals surface area contributed by atoms with E-state index in [1.165, 1.54) is 53.5 Å². The van der Waals surface area contributed by atoms with E-state index in [0.29, 0.717) is 0 Å². The van der Waals surface area contributed by atoms with Gasteiger partial charge in [-0.2, -0.15) is 0 Å². The quantitative estimate of drug-likeness (QED) is 0.679. The Bertz CT molecular complexity index is 559. The van der Waals surface area contributed by atoms with E-state index in [1.54, 1.807) is 0 Å². The second-order valence-electron chi connectivity index (χ2n) is 6.01. The Labute approximate surface area is 117 Å². The fraction of sp³-hybridized carbons (Fsp3) is 0.556. The van der Waals surface area contributed by atoms with Gasteiger partial charge in [0, 0.05) is 17.6 Å². The third kappa shape index (κ3) is 3.02. The normalized spacial score (nSPS) is 14.4. The summed E-state index contributed by atoms with van der Waals surface area (Å²) < 4.78 is 2.52.